The topological polar surface area (TPSA) is 78.9 Å². The summed E-state index contributed by atoms with van der Waals surface area (Å²) >= 11 is 0. The van der Waals surface area contributed by atoms with Crippen LogP contribution in [0, 0.1) is 0 Å². The summed E-state index contributed by atoms with van der Waals surface area (Å²) in [5, 5.41) is 0. The van der Waals surface area contributed by atoms with E-state index in [1.807, 2.05) is 6.08 Å². The fourth-order valence-electron chi connectivity index (χ4n) is 7.01. The molecule has 356 valence electrons. The molecule has 62 heavy (non-hydrogen) atoms. The van der Waals surface area contributed by atoms with Gasteiger partial charge in [0, 0.05) is 19.3 Å². The highest BCUT2D eigenvalue weighted by molar-refractivity contribution is 5.71. The van der Waals surface area contributed by atoms with Crippen LogP contribution in [-0.2, 0) is 28.6 Å². The zero-order valence-corrected chi connectivity index (χ0v) is 40.6. The predicted molar refractivity (Wildman–Crippen MR) is 265 cm³/mol. The first-order valence-electron chi connectivity index (χ1n) is 26.0. The minimum atomic E-state index is -0.814. The van der Waals surface area contributed by atoms with Gasteiger partial charge >= 0.3 is 17.9 Å². The van der Waals surface area contributed by atoms with Gasteiger partial charge in [-0.25, -0.2) is 0 Å². The van der Waals surface area contributed by atoms with Crippen molar-refractivity contribution in [2.75, 3.05) is 13.2 Å². The Morgan fingerprint density at radius 2 is 0.661 bits per heavy atom. The Hall–Kier alpha value is -3.15. The average Bonchev–Trinajstić information content (AvgIpc) is 3.27. The van der Waals surface area contributed by atoms with Crippen molar-refractivity contribution < 1.29 is 28.6 Å². The zero-order chi connectivity index (χ0) is 45.1. The zero-order valence-electron chi connectivity index (χ0n) is 40.6. The van der Waals surface area contributed by atoms with E-state index in [-0.39, 0.29) is 37.5 Å². The molecule has 0 heterocycles. The molecule has 0 radical (unpaired) electrons. The third kappa shape index (κ3) is 47.9. The Balaban J connectivity index is 4.51. The molecule has 0 spiro atoms. The van der Waals surface area contributed by atoms with E-state index in [2.05, 4.69) is 87.6 Å². The summed E-state index contributed by atoms with van der Waals surface area (Å²) in [6.07, 6.45) is 63.2. The third-order valence-electron chi connectivity index (χ3n) is 11.0. The van der Waals surface area contributed by atoms with E-state index in [4.69, 9.17) is 14.2 Å². The van der Waals surface area contributed by atoms with Crippen molar-refractivity contribution in [3.05, 3.63) is 72.9 Å². The summed E-state index contributed by atoms with van der Waals surface area (Å²) in [5.74, 6) is -1.02. The Morgan fingerprint density at radius 3 is 1.13 bits per heavy atom. The first-order chi connectivity index (χ1) is 30.5. The minimum absolute atomic E-state index is 0.111. The fraction of sp³-hybridized carbons (Fsp3) is 0.732. The van der Waals surface area contributed by atoms with E-state index in [0.717, 1.165) is 77.0 Å². The fourth-order valence-corrected chi connectivity index (χ4v) is 7.01. The number of carbonyl (C=O) groups is 3. The number of esters is 3. The molecule has 0 saturated heterocycles. The number of ether oxygens (including phenoxy) is 3. The van der Waals surface area contributed by atoms with Crippen molar-refractivity contribution in [1.82, 2.24) is 0 Å². The number of allylic oxidation sites excluding steroid dienone is 12. The summed E-state index contributed by atoms with van der Waals surface area (Å²) in [5.41, 5.74) is 0. The van der Waals surface area contributed by atoms with Gasteiger partial charge in [0.15, 0.2) is 6.10 Å². The molecular formula is C56H96O6. The minimum Gasteiger partial charge on any atom is -0.462 e. The second kappa shape index (κ2) is 50.5. The molecule has 0 aliphatic heterocycles. The standard InChI is InChI=1S/C56H96O6/c1-4-7-10-13-16-19-22-25-27-29-31-34-37-40-43-46-49-55(58)61-52-53(51-60-54(57)48-45-42-39-36-33-30-24-21-18-15-12-9-6-3)62-56(59)50-47-44-41-38-35-32-28-26-23-20-17-14-11-8-5-2/h17,20,23,26-27,29-31,33-34,39,42,53H,4-16,18-19,21-22,24-25,28,32,35-38,40-41,43-52H2,1-3H3/b20-17-,26-23-,29-27-,33-30-,34-31-,42-39-. The first kappa shape index (κ1) is 58.9. The highest BCUT2D eigenvalue weighted by atomic mass is 16.6. The van der Waals surface area contributed by atoms with Crippen molar-refractivity contribution in [1.29, 1.82) is 0 Å². The van der Waals surface area contributed by atoms with Gasteiger partial charge in [-0.05, 0) is 89.9 Å². The lowest BCUT2D eigenvalue weighted by atomic mass is 10.1. The number of hydrogen-bond acceptors (Lipinski definition) is 6. The summed E-state index contributed by atoms with van der Waals surface area (Å²) in [6.45, 7) is 6.51. The van der Waals surface area contributed by atoms with Crippen LogP contribution in [0.5, 0.6) is 0 Å². The average molecular weight is 865 g/mol. The molecule has 1 unspecified atom stereocenters. The molecule has 6 nitrogen and oxygen atoms in total. The van der Waals surface area contributed by atoms with Crippen molar-refractivity contribution in [2.45, 2.75) is 252 Å². The molecule has 0 rings (SSSR count). The monoisotopic (exact) mass is 865 g/mol. The van der Waals surface area contributed by atoms with Gasteiger partial charge in [-0.2, -0.15) is 0 Å². The summed E-state index contributed by atoms with van der Waals surface area (Å²) in [4.78, 5) is 37.9. The van der Waals surface area contributed by atoms with Gasteiger partial charge in [-0.15, -0.1) is 0 Å². The smallest absolute Gasteiger partial charge is 0.306 e. The molecule has 0 aliphatic rings. The lowest BCUT2D eigenvalue weighted by molar-refractivity contribution is -0.166. The van der Waals surface area contributed by atoms with Gasteiger partial charge in [0.25, 0.3) is 0 Å². The van der Waals surface area contributed by atoms with Crippen LogP contribution in [0.4, 0.5) is 0 Å². The summed E-state index contributed by atoms with van der Waals surface area (Å²) in [6, 6.07) is 0. The third-order valence-corrected chi connectivity index (χ3v) is 11.0. The second-order valence-electron chi connectivity index (χ2n) is 17.1. The molecule has 0 bridgehead atoms. The van der Waals surface area contributed by atoms with Crippen LogP contribution in [0.15, 0.2) is 72.9 Å². The van der Waals surface area contributed by atoms with Gasteiger partial charge in [0.05, 0.1) is 0 Å². The van der Waals surface area contributed by atoms with Gasteiger partial charge < -0.3 is 14.2 Å². The molecule has 0 N–H and O–H groups in total. The molecule has 0 aromatic heterocycles. The van der Waals surface area contributed by atoms with Crippen molar-refractivity contribution >= 4 is 17.9 Å². The Morgan fingerprint density at radius 1 is 0.339 bits per heavy atom. The van der Waals surface area contributed by atoms with Gasteiger partial charge in [0.2, 0.25) is 0 Å². The molecule has 0 amide bonds. The SMILES string of the molecule is CCCCC/C=C\C=C/CCCCCCCCC(=O)OC(COC(=O)CC/C=C\C/C=C\CCCCCCCC)COC(=O)CCCCC/C=C\C=C/CCCCCCCCC. The largest absolute Gasteiger partial charge is 0.462 e. The normalized spacial score (nSPS) is 12.6. The van der Waals surface area contributed by atoms with E-state index < -0.39 is 6.10 Å². The van der Waals surface area contributed by atoms with Crippen LogP contribution in [0.3, 0.4) is 0 Å². The van der Waals surface area contributed by atoms with Crippen LogP contribution >= 0.6 is 0 Å². The van der Waals surface area contributed by atoms with Crippen molar-refractivity contribution in [3.63, 3.8) is 0 Å². The van der Waals surface area contributed by atoms with E-state index >= 15 is 0 Å². The van der Waals surface area contributed by atoms with E-state index in [1.165, 1.54) is 122 Å². The van der Waals surface area contributed by atoms with Gasteiger partial charge in [-0.3, -0.25) is 14.4 Å². The quantitative estimate of drug-likeness (QED) is 0.0199. The molecule has 0 saturated carbocycles. The van der Waals surface area contributed by atoms with Crippen LogP contribution in [-0.4, -0.2) is 37.2 Å². The summed E-state index contributed by atoms with van der Waals surface area (Å²) in [7, 11) is 0. The number of rotatable bonds is 46. The van der Waals surface area contributed by atoms with Gasteiger partial charge in [-0.1, -0.05) is 209 Å². The lowest BCUT2D eigenvalue weighted by Gasteiger charge is -2.18. The molecule has 0 fully saturated rings. The van der Waals surface area contributed by atoms with Crippen LogP contribution < -0.4 is 0 Å². The molecular weight excluding hydrogens is 769 g/mol. The van der Waals surface area contributed by atoms with Crippen LogP contribution in [0.25, 0.3) is 0 Å². The molecule has 0 aliphatic carbocycles. The summed E-state index contributed by atoms with van der Waals surface area (Å²) < 4.78 is 16.7. The Kier molecular flexibility index (Phi) is 47.9. The van der Waals surface area contributed by atoms with Crippen molar-refractivity contribution in [2.24, 2.45) is 0 Å². The number of unbranched alkanes of at least 4 members (excludes halogenated alkanes) is 25. The molecule has 1 atom stereocenters. The maximum Gasteiger partial charge on any atom is 0.306 e. The lowest BCUT2D eigenvalue weighted by Crippen LogP contribution is -2.30. The van der Waals surface area contributed by atoms with Crippen molar-refractivity contribution in [3.8, 4) is 0 Å². The number of carbonyl (C=O) groups excluding carboxylic acids is 3. The van der Waals surface area contributed by atoms with E-state index in [9.17, 15) is 14.4 Å². The highest BCUT2D eigenvalue weighted by Gasteiger charge is 2.19. The first-order valence-corrected chi connectivity index (χ1v) is 26.0. The van der Waals surface area contributed by atoms with Gasteiger partial charge in [0.1, 0.15) is 13.2 Å². The van der Waals surface area contributed by atoms with Crippen LogP contribution in [0.2, 0.25) is 0 Å². The molecule has 6 heteroatoms. The Labute approximate surface area is 382 Å². The van der Waals surface area contributed by atoms with E-state index in [1.54, 1.807) is 0 Å². The predicted octanol–water partition coefficient (Wildman–Crippen LogP) is 17.0. The highest BCUT2D eigenvalue weighted by Crippen LogP contribution is 2.13. The van der Waals surface area contributed by atoms with Crippen LogP contribution in [0.1, 0.15) is 245 Å². The molecule has 0 aromatic carbocycles. The maximum absolute atomic E-state index is 12.8. The van der Waals surface area contributed by atoms with E-state index in [0.29, 0.717) is 19.3 Å². The molecule has 0 aromatic rings. The maximum atomic E-state index is 12.8. The second-order valence-corrected chi connectivity index (χ2v) is 17.1. The Bertz CT molecular complexity index is 1180. The number of hydrogen-bond donors (Lipinski definition) is 0.